The van der Waals surface area contributed by atoms with Crippen molar-refractivity contribution in [1.82, 2.24) is 9.38 Å². The maximum Gasteiger partial charge on any atom is 0.195 e. The Balaban J connectivity index is 0.000001000. The minimum absolute atomic E-state index is 0. The number of halogens is 1. The zero-order chi connectivity index (χ0) is 11.2. The van der Waals surface area contributed by atoms with Crippen LogP contribution in [0.4, 0.5) is 0 Å². The SMILES string of the molecule is Cl.c1coc(-c2cn3c(n2)sc2ccccc23)c1. The maximum absolute atomic E-state index is 5.36. The van der Waals surface area contributed by atoms with Gasteiger partial charge in [-0.25, -0.2) is 4.98 Å². The number of hydrogen-bond donors (Lipinski definition) is 0. The van der Waals surface area contributed by atoms with Crippen molar-refractivity contribution in [2.75, 3.05) is 0 Å². The van der Waals surface area contributed by atoms with E-state index in [0.717, 1.165) is 16.4 Å². The Morgan fingerprint density at radius 3 is 2.83 bits per heavy atom. The number of rotatable bonds is 1. The molecule has 3 heterocycles. The number of benzene rings is 1. The van der Waals surface area contributed by atoms with E-state index >= 15 is 0 Å². The van der Waals surface area contributed by atoms with Gasteiger partial charge in [0.15, 0.2) is 10.7 Å². The fourth-order valence-corrected chi connectivity index (χ4v) is 3.00. The lowest BCUT2D eigenvalue weighted by molar-refractivity contribution is 0.580. The fourth-order valence-electron chi connectivity index (χ4n) is 1.99. The highest BCUT2D eigenvalue weighted by atomic mass is 35.5. The van der Waals surface area contributed by atoms with Crippen LogP contribution >= 0.6 is 23.7 Å². The van der Waals surface area contributed by atoms with Gasteiger partial charge in [0.05, 0.1) is 16.5 Å². The summed E-state index contributed by atoms with van der Waals surface area (Å²) in [4.78, 5) is 5.58. The molecule has 0 fully saturated rings. The average Bonchev–Trinajstić information content (AvgIpc) is 3.03. The minimum atomic E-state index is 0. The van der Waals surface area contributed by atoms with Crippen molar-refractivity contribution < 1.29 is 4.42 Å². The van der Waals surface area contributed by atoms with Gasteiger partial charge in [0.2, 0.25) is 0 Å². The van der Waals surface area contributed by atoms with Crippen LogP contribution in [0.15, 0.2) is 53.3 Å². The Bertz CT molecular complexity index is 801. The average molecular weight is 277 g/mol. The largest absolute Gasteiger partial charge is 0.463 e. The van der Waals surface area contributed by atoms with Crippen LogP contribution in [0.5, 0.6) is 0 Å². The van der Waals surface area contributed by atoms with Crippen LogP contribution in [0.3, 0.4) is 0 Å². The van der Waals surface area contributed by atoms with Gasteiger partial charge in [-0.3, -0.25) is 4.40 Å². The number of nitrogens with zero attached hydrogens (tertiary/aromatic N) is 2. The Morgan fingerprint density at radius 2 is 2.00 bits per heavy atom. The van der Waals surface area contributed by atoms with Crippen LogP contribution in [0.1, 0.15) is 0 Å². The fraction of sp³-hybridized carbons (Fsp3) is 0. The lowest BCUT2D eigenvalue weighted by Gasteiger charge is -1.89. The Hall–Kier alpha value is -1.78. The molecular formula is C13H9ClN2OS. The second-order valence-corrected chi connectivity index (χ2v) is 4.83. The highest BCUT2D eigenvalue weighted by Crippen LogP contribution is 2.29. The Morgan fingerprint density at radius 1 is 1.11 bits per heavy atom. The molecule has 0 spiro atoms. The third kappa shape index (κ3) is 1.54. The van der Waals surface area contributed by atoms with Crippen molar-refractivity contribution in [2.45, 2.75) is 0 Å². The number of fused-ring (bicyclic) bond motifs is 3. The second-order valence-electron chi connectivity index (χ2n) is 3.83. The van der Waals surface area contributed by atoms with Crippen molar-refractivity contribution >= 4 is 38.9 Å². The molecule has 1 aromatic carbocycles. The van der Waals surface area contributed by atoms with E-state index in [4.69, 9.17) is 4.42 Å². The molecule has 0 aliphatic rings. The monoisotopic (exact) mass is 276 g/mol. The Labute approximate surface area is 113 Å². The van der Waals surface area contributed by atoms with Crippen LogP contribution in [-0.2, 0) is 0 Å². The molecule has 0 atom stereocenters. The smallest absolute Gasteiger partial charge is 0.195 e. The third-order valence-corrected chi connectivity index (χ3v) is 3.81. The summed E-state index contributed by atoms with van der Waals surface area (Å²) in [5.41, 5.74) is 2.07. The van der Waals surface area contributed by atoms with E-state index in [-0.39, 0.29) is 12.4 Å². The van der Waals surface area contributed by atoms with E-state index in [0.29, 0.717) is 0 Å². The molecule has 0 N–H and O–H groups in total. The highest BCUT2D eigenvalue weighted by molar-refractivity contribution is 7.23. The third-order valence-electron chi connectivity index (χ3n) is 2.77. The van der Waals surface area contributed by atoms with Gasteiger partial charge < -0.3 is 4.42 Å². The van der Waals surface area contributed by atoms with Crippen LogP contribution in [0, 0.1) is 0 Å². The normalized spacial score (nSPS) is 10.9. The van der Waals surface area contributed by atoms with Crippen molar-refractivity contribution in [3.63, 3.8) is 0 Å². The lowest BCUT2D eigenvalue weighted by atomic mass is 10.3. The molecule has 0 unspecified atom stereocenters. The second kappa shape index (κ2) is 4.15. The molecule has 90 valence electrons. The topological polar surface area (TPSA) is 30.4 Å². The first kappa shape index (κ1) is 11.3. The molecule has 5 heteroatoms. The number of aromatic nitrogens is 2. The number of hydrogen-bond acceptors (Lipinski definition) is 3. The van der Waals surface area contributed by atoms with Crippen LogP contribution in [0.2, 0.25) is 0 Å². The summed E-state index contributed by atoms with van der Waals surface area (Å²) in [6.45, 7) is 0. The summed E-state index contributed by atoms with van der Waals surface area (Å²) >= 11 is 1.69. The summed E-state index contributed by atoms with van der Waals surface area (Å²) in [5, 5.41) is 0. The summed E-state index contributed by atoms with van der Waals surface area (Å²) in [6, 6.07) is 12.1. The van der Waals surface area contributed by atoms with Crippen molar-refractivity contribution in [2.24, 2.45) is 0 Å². The predicted octanol–water partition coefficient (Wildman–Crippen LogP) is 4.23. The number of imidazole rings is 1. The molecule has 0 aliphatic carbocycles. The van der Waals surface area contributed by atoms with Crippen LogP contribution in [-0.4, -0.2) is 9.38 Å². The molecule has 18 heavy (non-hydrogen) atoms. The van der Waals surface area contributed by atoms with E-state index in [1.54, 1.807) is 17.6 Å². The zero-order valence-electron chi connectivity index (χ0n) is 9.24. The first-order valence-corrected chi connectivity index (χ1v) is 6.14. The Kier molecular flexibility index (Phi) is 2.61. The molecule has 4 rings (SSSR count). The first-order valence-electron chi connectivity index (χ1n) is 5.32. The molecular weight excluding hydrogens is 268 g/mol. The van der Waals surface area contributed by atoms with Crippen LogP contribution in [0.25, 0.3) is 26.6 Å². The van der Waals surface area contributed by atoms with E-state index < -0.39 is 0 Å². The van der Waals surface area contributed by atoms with E-state index in [9.17, 15) is 0 Å². The molecule has 0 amide bonds. The first-order chi connectivity index (χ1) is 8.42. The van der Waals surface area contributed by atoms with Gasteiger partial charge in [-0.2, -0.15) is 0 Å². The van der Waals surface area contributed by atoms with E-state index in [2.05, 4.69) is 21.5 Å². The van der Waals surface area contributed by atoms with E-state index in [1.165, 1.54) is 10.2 Å². The summed E-state index contributed by atoms with van der Waals surface area (Å²) in [7, 11) is 0. The quantitative estimate of drug-likeness (QED) is 0.521. The molecule has 0 radical (unpaired) electrons. The minimum Gasteiger partial charge on any atom is -0.463 e. The van der Waals surface area contributed by atoms with Gasteiger partial charge in [0.25, 0.3) is 0 Å². The maximum atomic E-state index is 5.36. The predicted molar refractivity (Wildman–Crippen MR) is 75.5 cm³/mol. The summed E-state index contributed by atoms with van der Waals surface area (Å²) in [5.74, 6) is 0.810. The molecule has 3 nitrogen and oxygen atoms in total. The number of furan rings is 1. The standard InChI is InChI=1S/C13H8N2OS.ClH/c1-2-6-12-10(4-1)15-8-9(14-13(15)17-12)11-5-3-7-16-11;/h1-8H;1H. The van der Waals surface area contributed by atoms with Gasteiger partial charge in [-0.15, -0.1) is 12.4 Å². The molecule has 0 aliphatic heterocycles. The molecule has 3 aromatic heterocycles. The molecule has 4 aromatic rings. The molecule has 0 saturated carbocycles. The zero-order valence-corrected chi connectivity index (χ0v) is 10.9. The highest BCUT2D eigenvalue weighted by Gasteiger charge is 2.10. The van der Waals surface area contributed by atoms with Crippen molar-refractivity contribution in [3.05, 3.63) is 48.9 Å². The van der Waals surface area contributed by atoms with Gasteiger partial charge in [0, 0.05) is 6.20 Å². The van der Waals surface area contributed by atoms with Crippen molar-refractivity contribution in [1.29, 1.82) is 0 Å². The van der Waals surface area contributed by atoms with Gasteiger partial charge in [0.1, 0.15) is 5.69 Å². The van der Waals surface area contributed by atoms with E-state index in [1.807, 2.05) is 30.5 Å². The van der Waals surface area contributed by atoms with Crippen LogP contribution < -0.4 is 0 Å². The van der Waals surface area contributed by atoms with Gasteiger partial charge in [-0.05, 0) is 24.3 Å². The van der Waals surface area contributed by atoms with Crippen molar-refractivity contribution in [3.8, 4) is 11.5 Å². The summed E-state index contributed by atoms with van der Waals surface area (Å²) < 4.78 is 8.72. The van der Waals surface area contributed by atoms with Gasteiger partial charge in [-0.1, -0.05) is 23.5 Å². The number of para-hydroxylation sites is 1. The van der Waals surface area contributed by atoms with Gasteiger partial charge >= 0.3 is 0 Å². The number of thiazole rings is 1. The summed E-state index contributed by atoms with van der Waals surface area (Å²) in [6.07, 6.45) is 3.69. The molecule has 0 saturated heterocycles. The lowest BCUT2D eigenvalue weighted by Crippen LogP contribution is -1.75. The molecule has 0 bridgehead atoms.